The molecule has 100 valence electrons. The first-order chi connectivity index (χ1) is 8.59. The van der Waals surface area contributed by atoms with E-state index in [0.717, 1.165) is 25.9 Å². The van der Waals surface area contributed by atoms with Gasteiger partial charge in [0.2, 0.25) is 0 Å². The largest absolute Gasteiger partial charge is 0.480 e. The molecule has 0 spiro atoms. The van der Waals surface area contributed by atoms with Crippen molar-refractivity contribution in [1.82, 2.24) is 4.90 Å². The number of carboxylic acids is 1. The Bertz CT molecular complexity index is 354. The molecule has 1 aromatic carbocycles. The Morgan fingerprint density at radius 1 is 1.33 bits per heavy atom. The van der Waals surface area contributed by atoms with Crippen LogP contribution >= 0.6 is 0 Å². The van der Waals surface area contributed by atoms with Crippen LogP contribution in [-0.4, -0.2) is 35.6 Å². The zero-order valence-corrected chi connectivity index (χ0v) is 10.9. The van der Waals surface area contributed by atoms with Gasteiger partial charge in [-0.2, -0.15) is 0 Å². The van der Waals surface area contributed by atoms with Crippen molar-refractivity contribution in [2.45, 2.75) is 31.8 Å². The lowest BCUT2D eigenvalue weighted by Gasteiger charge is -2.16. The van der Waals surface area contributed by atoms with E-state index in [-0.39, 0.29) is 0 Å². The third-order valence-electron chi connectivity index (χ3n) is 2.92. The summed E-state index contributed by atoms with van der Waals surface area (Å²) < 4.78 is 0. The van der Waals surface area contributed by atoms with Gasteiger partial charge in [0.05, 0.1) is 0 Å². The molecule has 0 aliphatic rings. The van der Waals surface area contributed by atoms with Gasteiger partial charge in [-0.1, -0.05) is 36.8 Å². The molecular weight excluding hydrogens is 228 g/mol. The maximum atomic E-state index is 10.5. The maximum Gasteiger partial charge on any atom is 0.320 e. The number of nitrogens with zero attached hydrogens (tertiary/aromatic N) is 1. The Hall–Kier alpha value is -1.39. The van der Waals surface area contributed by atoms with Gasteiger partial charge in [-0.3, -0.25) is 4.79 Å². The summed E-state index contributed by atoms with van der Waals surface area (Å²) in [5, 5.41) is 8.65. The number of benzene rings is 1. The molecule has 3 N–H and O–H groups in total. The average molecular weight is 250 g/mol. The van der Waals surface area contributed by atoms with Gasteiger partial charge in [0.25, 0.3) is 0 Å². The minimum Gasteiger partial charge on any atom is -0.480 e. The molecule has 0 fully saturated rings. The molecule has 4 nitrogen and oxygen atoms in total. The predicted molar refractivity (Wildman–Crippen MR) is 72.2 cm³/mol. The van der Waals surface area contributed by atoms with Gasteiger partial charge < -0.3 is 15.7 Å². The fraction of sp³-hybridized carbons (Fsp3) is 0.500. The van der Waals surface area contributed by atoms with Crippen molar-refractivity contribution < 1.29 is 9.90 Å². The summed E-state index contributed by atoms with van der Waals surface area (Å²) in [5.41, 5.74) is 6.74. The van der Waals surface area contributed by atoms with E-state index in [9.17, 15) is 4.79 Å². The average Bonchev–Trinajstić information content (AvgIpc) is 2.35. The highest BCUT2D eigenvalue weighted by molar-refractivity contribution is 5.72. The van der Waals surface area contributed by atoms with Crippen LogP contribution in [0.3, 0.4) is 0 Å². The van der Waals surface area contributed by atoms with Crippen LogP contribution in [0.15, 0.2) is 30.3 Å². The summed E-state index contributed by atoms with van der Waals surface area (Å²) in [6.07, 6.45) is 2.38. The van der Waals surface area contributed by atoms with E-state index in [0.29, 0.717) is 6.42 Å². The number of aliphatic carboxylic acids is 1. The monoisotopic (exact) mass is 250 g/mol. The van der Waals surface area contributed by atoms with Crippen LogP contribution < -0.4 is 5.73 Å². The summed E-state index contributed by atoms with van der Waals surface area (Å²) in [6.45, 7) is 1.88. The first kappa shape index (κ1) is 14.7. The molecule has 0 saturated carbocycles. The first-order valence-corrected chi connectivity index (χ1v) is 6.30. The molecule has 1 aromatic rings. The van der Waals surface area contributed by atoms with Gasteiger partial charge in [-0.05, 0) is 32.0 Å². The smallest absolute Gasteiger partial charge is 0.320 e. The molecule has 4 heteroatoms. The van der Waals surface area contributed by atoms with Crippen molar-refractivity contribution >= 4 is 5.97 Å². The Morgan fingerprint density at radius 2 is 2.00 bits per heavy atom. The van der Waals surface area contributed by atoms with E-state index >= 15 is 0 Å². The van der Waals surface area contributed by atoms with E-state index in [4.69, 9.17) is 10.8 Å². The minimum atomic E-state index is -0.910. The topological polar surface area (TPSA) is 66.6 Å². The number of rotatable bonds is 8. The molecule has 0 unspecified atom stereocenters. The molecular formula is C14H22N2O2. The molecule has 0 aliphatic heterocycles. The second-order valence-electron chi connectivity index (χ2n) is 4.66. The SMILES string of the molecule is CN(CCCC[C@H](N)C(=O)O)Cc1ccccc1. The first-order valence-electron chi connectivity index (χ1n) is 6.30. The zero-order chi connectivity index (χ0) is 13.4. The van der Waals surface area contributed by atoms with Gasteiger partial charge in [0.1, 0.15) is 6.04 Å². The standard InChI is InChI=1S/C14H22N2O2/c1-16(11-12-7-3-2-4-8-12)10-6-5-9-13(15)14(17)18/h2-4,7-8,13H,5-6,9-11,15H2,1H3,(H,17,18)/t13-/m0/s1. The third kappa shape index (κ3) is 5.80. The predicted octanol–water partition coefficient (Wildman–Crippen LogP) is 1.70. The number of nitrogens with two attached hydrogens (primary N) is 1. The number of hydrogen-bond donors (Lipinski definition) is 2. The van der Waals surface area contributed by atoms with Gasteiger partial charge in [0.15, 0.2) is 0 Å². The number of unbranched alkanes of at least 4 members (excludes halogenated alkanes) is 1. The minimum absolute atomic E-state index is 0.550. The van der Waals surface area contributed by atoms with Crippen LogP contribution in [0.25, 0.3) is 0 Å². The van der Waals surface area contributed by atoms with Gasteiger partial charge >= 0.3 is 5.97 Å². The molecule has 18 heavy (non-hydrogen) atoms. The van der Waals surface area contributed by atoms with Gasteiger partial charge in [-0.15, -0.1) is 0 Å². The summed E-state index contributed by atoms with van der Waals surface area (Å²) in [7, 11) is 2.07. The Balaban J connectivity index is 2.14. The van der Waals surface area contributed by atoms with Crippen LogP contribution in [0.1, 0.15) is 24.8 Å². The molecule has 0 bridgehead atoms. The lowest BCUT2D eigenvalue weighted by atomic mass is 10.1. The Labute approximate surface area is 108 Å². The summed E-state index contributed by atoms with van der Waals surface area (Å²) in [6, 6.07) is 9.58. The highest BCUT2D eigenvalue weighted by Crippen LogP contribution is 2.05. The molecule has 0 amide bonds. The van der Waals surface area contributed by atoms with Crippen molar-refractivity contribution in [2.75, 3.05) is 13.6 Å². The van der Waals surface area contributed by atoms with E-state index < -0.39 is 12.0 Å². The molecule has 1 atom stereocenters. The van der Waals surface area contributed by atoms with Crippen LogP contribution in [0.2, 0.25) is 0 Å². The van der Waals surface area contributed by atoms with Crippen LogP contribution in [0, 0.1) is 0 Å². The number of carbonyl (C=O) groups is 1. The van der Waals surface area contributed by atoms with Crippen molar-refractivity contribution in [1.29, 1.82) is 0 Å². The summed E-state index contributed by atoms with van der Waals surface area (Å²) >= 11 is 0. The quantitative estimate of drug-likeness (QED) is 0.689. The molecule has 0 heterocycles. The molecule has 0 aromatic heterocycles. The maximum absolute atomic E-state index is 10.5. The lowest BCUT2D eigenvalue weighted by molar-refractivity contribution is -0.138. The summed E-state index contributed by atoms with van der Waals surface area (Å²) in [4.78, 5) is 12.8. The van der Waals surface area contributed by atoms with Gasteiger partial charge in [0, 0.05) is 6.54 Å². The van der Waals surface area contributed by atoms with Crippen LogP contribution in [0.4, 0.5) is 0 Å². The second kappa shape index (κ2) is 7.84. The van der Waals surface area contributed by atoms with Crippen molar-refractivity contribution in [3.05, 3.63) is 35.9 Å². The zero-order valence-electron chi connectivity index (χ0n) is 10.9. The van der Waals surface area contributed by atoms with Crippen molar-refractivity contribution in [3.63, 3.8) is 0 Å². The fourth-order valence-electron chi connectivity index (χ4n) is 1.84. The lowest BCUT2D eigenvalue weighted by Crippen LogP contribution is -2.30. The molecule has 0 radical (unpaired) electrons. The van der Waals surface area contributed by atoms with E-state index in [2.05, 4.69) is 24.1 Å². The third-order valence-corrected chi connectivity index (χ3v) is 2.92. The van der Waals surface area contributed by atoms with E-state index in [1.54, 1.807) is 0 Å². The Morgan fingerprint density at radius 3 is 2.61 bits per heavy atom. The molecule has 1 rings (SSSR count). The molecule has 0 aliphatic carbocycles. The van der Waals surface area contributed by atoms with Crippen LogP contribution in [-0.2, 0) is 11.3 Å². The summed E-state index contributed by atoms with van der Waals surface area (Å²) in [5.74, 6) is -0.910. The number of hydrogen-bond acceptors (Lipinski definition) is 3. The number of carboxylic acid groups (broad SMARTS) is 1. The fourth-order valence-corrected chi connectivity index (χ4v) is 1.84. The van der Waals surface area contributed by atoms with E-state index in [1.807, 2.05) is 18.2 Å². The highest BCUT2D eigenvalue weighted by atomic mass is 16.4. The second-order valence-corrected chi connectivity index (χ2v) is 4.66. The molecule has 0 saturated heterocycles. The normalized spacial score (nSPS) is 12.6. The van der Waals surface area contributed by atoms with Gasteiger partial charge in [-0.25, -0.2) is 0 Å². The van der Waals surface area contributed by atoms with E-state index in [1.165, 1.54) is 5.56 Å². The highest BCUT2D eigenvalue weighted by Gasteiger charge is 2.10. The Kier molecular flexibility index (Phi) is 6.39. The van der Waals surface area contributed by atoms with Crippen LogP contribution in [0.5, 0.6) is 0 Å². The van der Waals surface area contributed by atoms with Crippen molar-refractivity contribution in [3.8, 4) is 0 Å². The van der Waals surface area contributed by atoms with Crippen molar-refractivity contribution in [2.24, 2.45) is 5.73 Å².